The van der Waals surface area contributed by atoms with Crippen molar-refractivity contribution in [3.63, 3.8) is 0 Å². The second-order valence-corrected chi connectivity index (χ2v) is 8.34. The Labute approximate surface area is 199 Å². The van der Waals surface area contributed by atoms with Crippen molar-refractivity contribution in [3.8, 4) is 5.75 Å². The summed E-state index contributed by atoms with van der Waals surface area (Å²) in [7, 11) is 3.24. The minimum absolute atomic E-state index is 0.0241. The first-order valence-electron chi connectivity index (χ1n) is 10.6. The number of benzene rings is 2. The summed E-state index contributed by atoms with van der Waals surface area (Å²) in [6, 6.07) is 14.9. The Hall–Kier alpha value is -3.23. The van der Waals surface area contributed by atoms with Crippen LogP contribution < -0.4 is 10.1 Å². The Bertz CT molecular complexity index is 995. The van der Waals surface area contributed by atoms with Gasteiger partial charge in [-0.2, -0.15) is 0 Å². The summed E-state index contributed by atoms with van der Waals surface area (Å²) < 4.78 is 6.20. The molecular weight excluding hydrogens is 444 g/mol. The molecule has 2 aromatic rings. The quantitative estimate of drug-likeness (QED) is 0.517. The number of halogens is 1. The molecule has 1 aliphatic heterocycles. The number of carbonyl (C=O) groups excluding carboxylic acids is 2. The first kappa shape index (κ1) is 24.4. The first-order chi connectivity index (χ1) is 15.8. The van der Waals surface area contributed by atoms with Gasteiger partial charge in [0.15, 0.2) is 0 Å². The van der Waals surface area contributed by atoms with Gasteiger partial charge >= 0.3 is 0 Å². The second-order valence-electron chi connectivity index (χ2n) is 7.90. The third-order valence-corrected chi connectivity index (χ3v) is 5.55. The lowest BCUT2D eigenvalue weighted by atomic mass is 10.2. The van der Waals surface area contributed by atoms with Crippen LogP contribution in [0.25, 0.3) is 0 Å². The first-order valence-corrected chi connectivity index (χ1v) is 11.0. The topological polar surface area (TPSA) is 85.3 Å². The number of aryl methyl sites for hydroxylation is 1. The number of hydrogen-bond donors (Lipinski definition) is 2. The highest BCUT2D eigenvalue weighted by molar-refractivity contribution is 6.30. The fourth-order valence-corrected chi connectivity index (χ4v) is 3.57. The van der Waals surface area contributed by atoms with Gasteiger partial charge in [0.1, 0.15) is 17.3 Å². The maximum absolute atomic E-state index is 13.5. The highest BCUT2D eigenvalue weighted by atomic mass is 35.5. The zero-order valence-corrected chi connectivity index (χ0v) is 19.7. The van der Waals surface area contributed by atoms with E-state index in [1.165, 1.54) is 9.80 Å². The van der Waals surface area contributed by atoms with Crippen LogP contribution in [0, 0.1) is 6.92 Å². The summed E-state index contributed by atoms with van der Waals surface area (Å²) in [5.41, 5.74) is 2.31. The molecule has 1 heterocycles. The molecule has 0 saturated heterocycles. The van der Waals surface area contributed by atoms with Gasteiger partial charge in [-0.3, -0.25) is 9.59 Å². The molecule has 176 valence electrons. The summed E-state index contributed by atoms with van der Waals surface area (Å²) in [6.45, 7) is 2.67. The largest absolute Gasteiger partial charge is 0.452 e. The molecule has 0 fully saturated rings. The Morgan fingerprint density at radius 2 is 1.85 bits per heavy atom. The van der Waals surface area contributed by atoms with Crippen molar-refractivity contribution in [1.82, 2.24) is 20.0 Å². The molecule has 0 aliphatic carbocycles. The van der Waals surface area contributed by atoms with Crippen LogP contribution in [-0.4, -0.2) is 65.7 Å². The molecule has 8 nitrogen and oxygen atoms in total. The highest BCUT2D eigenvalue weighted by Gasteiger charge is 2.39. The van der Waals surface area contributed by atoms with Gasteiger partial charge in [0.05, 0.1) is 0 Å². The number of likely N-dealkylation sites (N-methyl/N-ethyl adjacent to an activating group) is 1. The Kier molecular flexibility index (Phi) is 8.19. The van der Waals surface area contributed by atoms with Crippen molar-refractivity contribution in [2.45, 2.75) is 26.2 Å². The monoisotopic (exact) mass is 472 g/mol. The van der Waals surface area contributed by atoms with Gasteiger partial charge in [0, 0.05) is 38.8 Å². The van der Waals surface area contributed by atoms with Gasteiger partial charge < -0.3 is 29.9 Å². The fraction of sp³-hybridized carbons (Fsp3) is 0.333. The predicted octanol–water partition coefficient (Wildman–Crippen LogP) is 2.51. The van der Waals surface area contributed by atoms with E-state index in [4.69, 9.17) is 16.3 Å². The van der Waals surface area contributed by atoms with E-state index in [1.54, 1.807) is 31.1 Å². The number of carbonyl (C=O) groups is 2. The summed E-state index contributed by atoms with van der Waals surface area (Å²) >= 11 is 6.04. The molecule has 1 unspecified atom stereocenters. The van der Waals surface area contributed by atoms with Gasteiger partial charge in [-0.1, -0.05) is 41.4 Å². The highest BCUT2D eigenvalue weighted by Crippen LogP contribution is 2.28. The average molecular weight is 473 g/mol. The van der Waals surface area contributed by atoms with Crippen molar-refractivity contribution < 1.29 is 19.4 Å². The maximum Gasteiger partial charge on any atom is 0.273 e. The molecule has 0 aromatic heterocycles. The normalized spacial score (nSPS) is 15.3. The smallest absolute Gasteiger partial charge is 0.273 e. The van der Waals surface area contributed by atoms with Gasteiger partial charge in [-0.15, -0.1) is 0 Å². The molecule has 2 N–H and O–H groups in total. The van der Waals surface area contributed by atoms with Gasteiger partial charge in [0.2, 0.25) is 6.41 Å². The van der Waals surface area contributed by atoms with Gasteiger partial charge in [0.25, 0.3) is 12.3 Å². The number of rotatable bonds is 10. The summed E-state index contributed by atoms with van der Waals surface area (Å²) in [5.74, 6) is 0.676. The number of nitrogens with zero attached hydrogens (tertiary/aromatic N) is 3. The molecule has 0 saturated carbocycles. The van der Waals surface area contributed by atoms with Crippen molar-refractivity contribution in [1.29, 1.82) is 0 Å². The number of ether oxygens (including phenoxy) is 1. The third-order valence-electron chi connectivity index (χ3n) is 5.30. The lowest BCUT2D eigenvalue weighted by Gasteiger charge is -2.30. The Morgan fingerprint density at radius 1 is 1.18 bits per heavy atom. The van der Waals surface area contributed by atoms with E-state index < -0.39 is 6.35 Å². The molecule has 1 aliphatic rings. The van der Waals surface area contributed by atoms with Crippen molar-refractivity contribution >= 4 is 23.9 Å². The van der Waals surface area contributed by atoms with E-state index in [9.17, 15) is 14.7 Å². The molecule has 33 heavy (non-hydrogen) atoms. The number of amides is 2. The number of aliphatic hydroxyl groups is 1. The second kappa shape index (κ2) is 11.1. The zero-order valence-electron chi connectivity index (χ0n) is 19.0. The van der Waals surface area contributed by atoms with E-state index in [-0.39, 0.29) is 12.5 Å². The molecular formula is C24H29ClN4O4. The van der Waals surface area contributed by atoms with E-state index in [0.29, 0.717) is 48.2 Å². The summed E-state index contributed by atoms with van der Waals surface area (Å²) in [6.07, 6.45) is 0.353. The van der Waals surface area contributed by atoms with Crippen molar-refractivity contribution in [2.24, 2.45) is 0 Å². The third kappa shape index (κ3) is 5.97. The number of aliphatic hydroxyl groups excluding tert-OH is 1. The van der Waals surface area contributed by atoms with Crippen molar-refractivity contribution in [3.05, 3.63) is 76.2 Å². The Balaban J connectivity index is 1.99. The van der Waals surface area contributed by atoms with Crippen LogP contribution >= 0.6 is 11.6 Å². The van der Waals surface area contributed by atoms with Crippen LogP contribution in [0.4, 0.5) is 0 Å². The summed E-state index contributed by atoms with van der Waals surface area (Å²) in [5, 5.41) is 13.0. The molecule has 0 spiro atoms. The molecule has 0 radical (unpaired) electrons. The minimum Gasteiger partial charge on any atom is -0.452 e. The Morgan fingerprint density at radius 3 is 2.45 bits per heavy atom. The molecule has 2 aromatic carbocycles. The molecule has 9 heteroatoms. The van der Waals surface area contributed by atoms with Crippen LogP contribution in [0.2, 0.25) is 5.02 Å². The average Bonchev–Trinajstić information content (AvgIpc) is 3.16. The number of hydrogen-bond acceptors (Lipinski definition) is 6. The van der Waals surface area contributed by atoms with Crippen LogP contribution in [0.15, 0.2) is 60.0 Å². The SMILES string of the molecule is Cc1ccc(OC2NC(N(C)C=O)=C(C(=O)N(C)CCCO)N2Cc2ccc(Cl)cc2)cc1. The van der Waals surface area contributed by atoms with Crippen LogP contribution in [0.5, 0.6) is 5.75 Å². The number of nitrogens with one attached hydrogen (secondary N) is 1. The van der Waals surface area contributed by atoms with Crippen LogP contribution in [0.3, 0.4) is 0 Å². The van der Waals surface area contributed by atoms with Gasteiger partial charge in [-0.05, 0) is 43.2 Å². The lowest BCUT2D eigenvalue weighted by Crippen LogP contribution is -2.44. The standard InChI is InChI=1S/C24H29ClN4O4/c1-17-5-11-20(12-6-17)33-24-26-22(28(3)16-31)21(23(32)27(2)13-4-14-30)29(24)15-18-7-9-19(25)10-8-18/h5-12,16,24,26,30H,4,13-15H2,1-3H3. The van der Waals surface area contributed by atoms with E-state index in [0.717, 1.165) is 11.1 Å². The van der Waals surface area contributed by atoms with E-state index in [1.807, 2.05) is 43.3 Å². The predicted molar refractivity (Wildman–Crippen MR) is 126 cm³/mol. The summed E-state index contributed by atoms with van der Waals surface area (Å²) in [4.78, 5) is 29.7. The fourth-order valence-electron chi connectivity index (χ4n) is 3.44. The maximum atomic E-state index is 13.5. The molecule has 1 atom stereocenters. The zero-order chi connectivity index (χ0) is 24.0. The van der Waals surface area contributed by atoms with Crippen LogP contribution in [-0.2, 0) is 16.1 Å². The minimum atomic E-state index is -0.731. The lowest BCUT2D eigenvalue weighted by molar-refractivity contribution is -0.128. The van der Waals surface area contributed by atoms with E-state index >= 15 is 0 Å². The molecule has 2 amide bonds. The molecule has 0 bridgehead atoms. The van der Waals surface area contributed by atoms with Crippen LogP contribution in [0.1, 0.15) is 17.5 Å². The van der Waals surface area contributed by atoms with Gasteiger partial charge in [-0.25, -0.2) is 0 Å². The van der Waals surface area contributed by atoms with Crippen molar-refractivity contribution in [2.75, 3.05) is 27.2 Å². The van der Waals surface area contributed by atoms with E-state index in [2.05, 4.69) is 5.32 Å². The molecule has 3 rings (SSSR count).